The number of nitrogens with one attached hydrogen (secondary N) is 1. The van der Waals surface area contributed by atoms with Crippen LogP contribution in [-0.2, 0) is 14.3 Å². The molecule has 0 saturated carbocycles. The number of amides is 1. The quantitative estimate of drug-likeness (QED) is 0.0322. The number of aliphatic hydroxyl groups is 2. The van der Waals surface area contributed by atoms with Crippen LogP contribution in [0.5, 0.6) is 0 Å². The van der Waals surface area contributed by atoms with E-state index in [0.717, 1.165) is 70.6 Å². The summed E-state index contributed by atoms with van der Waals surface area (Å²) in [5.74, 6) is -0.472. The van der Waals surface area contributed by atoms with Crippen molar-refractivity contribution < 1.29 is 24.5 Å². The molecule has 0 aromatic rings. The number of ether oxygens (including phenoxy) is 1. The highest BCUT2D eigenvalue weighted by atomic mass is 16.5. The van der Waals surface area contributed by atoms with E-state index in [4.69, 9.17) is 4.74 Å². The summed E-state index contributed by atoms with van der Waals surface area (Å²) >= 11 is 0. The highest BCUT2D eigenvalue weighted by Crippen LogP contribution is 2.18. The highest BCUT2D eigenvalue weighted by molar-refractivity contribution is 5.77. The van der Waals surface area contributed by atoms with Crippen molar-refractivity contribution in [2.24, 2.45) is 0 Å². The molecular formula is C55H105NO5. The minimum absolute atomic E-state index is 0.0734. The van der Waals surface area contributed by atoms with Crippen LogP contribution in [0.4, 0.5) is 0 Å². The minimum atomic E-state index is -0.786. The molecule has 0 aromatic heterocycles. The van der Waals surface area contributed by atoms with Crippen molar-refractivity contribution in [3.63, 3.8) is 0 Å². The molecule has 3 atom stereocenters. The van der Waals surface area contributed by atoms with Crippen LogP contribution in [0, 0.1) is 0 Å². The van der Waals surface area contributed by atoms with Gasteiger partial charge in [0.05, 0.1) is 25.2 Å². The van der Waals surface area contributed by atoms with Gasteiger partial charge < -0.3 is 20.3 Å². The zero-order valence-electron chi connectivity index (χ0n) is 41.1. The maximum Gasteiger partial charge on any atom is 0.306 e. The van der Waals surface area contributed by atoms with Gasteiger partial charge in [0, 0.05) is 6.42 Å². The Bertz CT molecular complexity index is 966. The van der Waals surface area contributed by atoms with Crippen molar-refractivity contribution in [1.29, 1.82) is 0 Å². The molecule has 3 unspecified atom stereocenters. The first-order valence-electron chi connectivity index (χ1n) is 27.1. The molecular weight excluding hydrogens is 755 g/mol. The summed E-state index contributed by atoms with van der Waals surface area (Å²) in [5.41, 5.74) is 0. The molecule has 61 heavy (non-hydrogen) atoms. The predicted octanol–water partition coefficient (Wildman–Crippen LogP) is 16.3. The molecule has 0 radical (unpaired) electrons. The van der Waals surface area contributed by atoms with Gasteiger partial charge in [0.15, 0.2) is 0 Å². The Morgan fingerprint density at radius 1 is 0.475 bits per heavy atom. The molecule has 1 amide bonds. The number of esters is 1. The molecule has 0 heterocycles. The van der Waals surface area contributed by atoms with Crippen molar-refractivity contribution >= 4 is 11.9 Å². The molecule has 0 saturated heterocycles. The van der Waals surface area contributed by atoms with Gasteiger partial charge in [-0.25, -0.2) is 0 Å². The number of allylic oxidation sites excluding steroid dienone is 4. The van der Waals surface area contributed by atoms with E-state index in [1.54, 1.807) is 0 Å². The predicted molar refractivity (Wildman–Crippen MR) is 264 cm³/mol. The number of rotatable bonds is 49. The lowest BCUT2D eigenvalue weighted by molar-refractivity contribution is -0.151. The van der Waals surface area contributed by atoms with E-state index in [1.165, 1.54) is 173 Å². The van der Waals surface area contributed by atoms with Gasteiger partial charge >= 0.3 is 5.97 Å². The van der Waals surface area contributed by atoms with Crippen LogP contribution in [0.3, 0.4) is 0 Å². The third-order valence-corrected chi connectivity index (χ3v) is 12.5. The van der Waals surface area contributed by atoms with E-state index in [2.05, 4.69) is 50.4 Å². The summed E-state index contributed by atoms with van der Waals surface area (Å²) in [6.45, 7) is 6.46. The fourth-order valence-corrected chi connectivity index (χ4v) is 8.40. The Kier molecular flexibility index (Phi) is 48.0. The van der Waals surface area contributed by atoms with E-state index < -0.39 is 18.2 Å². The van der Waals surface area contributed by atoms with Gasteiger partial charge in [-0.2, -0.15) is 0 Å². The van der Waals surface area contributed by atoms with Crippen molar-refractivity contribution in [3.8, 4) is 0 Å². The maximum atomic E-state index is 13.2. The SMILES string of the molecule is CCCCC/C=C\C/C=C\CCCCCCCC(CC(=O)NC(CO)C(O)CCCCCCCCCCC)OC(=O)CCCCCCCCCCCCCCCCCCCC. The van der Waals surface area contributed by atoms with E-state index in [-0.39, 0.29) is 24.9 Å². The Morgan fingerprint density at radius 3 is 1.28 bits per heavy atom. The summed E-state index contributed by atoms with van der Waals surface area (Å²) in [6, 6.07) is -0.700. The Hall–Kier alpha value is -1.66. The molecule has 0 aliphatic heterocycles. The van der Waals surface area contributed by atoms with E-state index in [1.807, 2.05) is 0 Å². The molecule has 0 aromatic carbocycles. The normalized spacial score (nSPS) is 13.3. The third kappa shape index (κ3) is 44.7. The lowest BCUT2D eigenvalue weighted by Crippen LogP contribution is -2.46. The summed E-state index contributed by atoms with van der Waals surface area (Å²) < 4.78 is 5.94. The smallest absolute Gasteiger partial charge is 0.306 e. The Morgan fingerprint density at radius 2 is 0.836 bits per heavy atom. The van der Waals surface area contributed by atoms with Crippen molar-refractivity contribution in [2.75, 3.05) is 6.61 Å². The van der Waals surface area contributed by atoms with Gasteiger partial charge in [0.2, 0.25) is 5.91 Å². The monoisotopic (exact) mass is 860 g/mol. The van der Waals surface area contributed by atoms with Gasteiger partial charge in [0.25, 0.3) is 0 Å². The van der Waals surface area contributed by atoms with E-state index >= 15 is 0 Å². The first-order chi connectivity index (χ1) is 30.0. The molecule has 6 heteroatoms. The van der Waals surface area contributed by atoms with Crippen LogP contribution in [0.15, 0.2) is 24.3 Å². The van der Waals surface area contributed by atoms with Crippen LogP contribution in [0.2, 0.25) is 0 Å². The van der Waals surface area contributed by atoms with Gasteiger partial charge in [-0.05, 0) is 57.8 Å². The minimum Gasteiger partial charge on any atom is -0.462 e. The van der Waals surface area contributed by atoms with Crippen LogP contribution in [0.25, 0.3) is 0 Å². The lowest BCUT2D eigenvalue weighted by Gasteiger charge is -2.24. The van der Waals surface area contributed by atoms with E-state index in [0.29, 0.717) is 19.3 Å². The van der Waals surface area contributed by atoms with Gasteiger partial charge in [-0.15, -0.1) is 0 Å². The fraction of sp³-hybridized carbons (Fsp3) is 0.891. The Labute approximate surface area is 380 Å². The fourth-order valence-electron chi connectivity index (χ4n) is 8.40. The highest BCUT2D eigenvalue weighted by Gasteiger charge is 2.24. The molecule has 0 bridgehead atoms. The first kappa shape index (κ1) is 59.3. The van der Waals surface area contributed by atoms with Crippen LogP contribution < -0.4 is 5.32 Å². The third-order valence-electron chi connectivity index (χ3n) is 12.5. The zero-order chi connectivity index (χ0) is 44.5. The largest absolute Gasteiger partial charge is 0.462 e. The molecule has 0 aliphatic rings. The van der Waals surface area contributed by atoms with Crippen molar-refractivity contribution in [3.05, 3.63) is 24.3 Å². The number of hydrogen-bond donors (Lipinski definition) is 3. The maximum absolute atomic E-state index is 13.2. The average Bonchev–Trinajstić information content (AvgIpc) is 3.25. The molecule has 3 N–H and O–H groups in total. The van der Waals surface area contributed by atoms with Crippen LogP contribution in [-0.4, -0.2) is 46.9 Å². The van der Waals surface area contributed by atoms with Crippen molar-refractivity contribution in [1.82, 2.24) is 5.32 Å². The van der Waals surface area contributed by atoms with Gasteiger partial charge in [-0.3, -0.25) is 9.59 Å². The van der Waals surface area contributed by atoms with Crippen LogP contribution in [0.1, 0.15) is 290 Å². The number of carbonyl (C=O) groups excluding carboxylic acids is 2. The van der Waals surface area contributed by atoms with Crippen LogP contribution >= 0.6 is 0 Å². The topological polar surface area (TPSA) is 95.9 Å². The Balaban J connectivity index is 4.51. The summed E-state index contributed by atoms with van der Waals surface area (Å²) in [4.78, 5) is 26.2. The zero-order valence-corrected chi connectivity index (χ0v) is 41.1. The van der Waals surface area contributed by atoms with Gasteiger partial charge in [-0.1, -0.05) is 244 Å². The summed E-state index contributed by atoms with van der Waals surface area (Å²) in [7, 11) is 0. The standard InChI is InChI=1S/C55H105NO5/c1-4-7-10-13-16-19-21-23-25-26-27-29-31-33-36-39-42-45-48-55(60)61-51(46-43-40-37-35-32-30-28-24-22-20-17-14-11-8-5-2)49-54(59)56-52(50-57)53(58)47-44-41-38-34-18-15-12-9-6-3/h17,20,24,28,51-53,57-58H,4-16,18-19,21-23,25-27,29-50H2,1-3H3,(H,56,59)/b20-17-,28-24-. The molecule has 360 valence electrons. The summed E-state index contributed by atoms with van der Waals surface area (Å²) in [5, 5.41) is 23.7. The number of carbonyl (C=O) groups is 2. The molecule has 6 nitrogen and oxygen atoms in total. The molecule has 0 spiro atoms. The number of aliphatic hydroxyl groups excluding tert-OH is 2. The van der Waals surface area contributed by atoms with E-state index in [9.17, 15) is 19.8 Å². The number of hydrogen-bond acceptors (Lipinski definition) is 5. The van der Waals surface area contributed by atoms with Gasteiger partial charge in [0.1, 0.15) is 6.10 Å². The average molecular weight is 860 g/mol. The molecule has 0 fully saturated rings. The lowest BCUT2D eigenvalue weighted by atomic mass is 10.0. The summed E-state index contributed by atoms with van der Waals surface area (Å²) in [6.07, 6.45) is 56.7. The first-order valence-corrected chi connectivity index (χ1v) is 27.1. The van der Waals surface area contributed by atoms with Crippen molar-refractivity contribution in [2.45, 2.75) is 309 Å². The second kappa shape index (κ2) is 49.4. The molecule has 0 aliphatic carbocycles. The number of unbranched alkanes of at least 4 members (excludes halogenated alkanes) is 33. The molecule has 0 rings (SSSR count). The second-order valence-corrected chi connectivity index (χ2v) is 18.6. The second-order valence-electron chi connectivity index (χ2n) is 18.6.